The minimum Gasteiger partial charge on any atom is -0.354 e. The number of anilines is 1. The highest BCUT2D eigenvalue weighted by Crippen LogP contribution is 2.27. The van der Waals surface area contributed by atoms with Crippen LogP contribution in [0.4, 0.5) is 10.1 Å². The number of nitrogens with one attached hydrogen (secondary N) is 1. The van der Waals surface area contributed by atoms with Crippen molar-refractivity contribution in [3.8, 4) is 0 Å². The number of unbranched alkanes of at least 4 members (excludes halogenated alkanes) is 1. The molecule has 0 saturated heterocycles. The van der Waals surface area contributed by atoms with Crippen LogP contribution in [0.3, 0.4) is 0 Å². The lowest BCUT2D eigenvalue weighted by Crippen LogP contribution is -2.52. The van der Waals surface area contributed by atoms with Gasteiger partial charge in [-0.2, -0.15) is 0 Å². The Kier molecular flexibility index (Phi) is 11.6. The molecule has 3 aromatic carbocycles. The van der Waals surface area contributed by atoms with Gasteiger partial charge in [0, 0.05) is 23.1 Å². The lowest BCUT2D eigenvalue weighted by Gasteiger charge is -2.33. The maximum atomic E-state index is 14.0. The summed E-state index contributed by atoms with van der Waals surface area (Å²) >= 11 is 12.5. The van der Waals surface area contributed by atoms with Crippen molar-refractivity contribution in [1.29, 1.82) is 0 Å². The van der Waals surface area contributed by atoms with Gasteiger partial charge in [-0.05, 0) is 73.9 Å². The summed E-state index contributed by atoms with van der Waals surface area (Å²) in [6, 6.07) is 15.0. The predicted octanol–water partition coefficient (Wildman–Crippen LogP) is 6.36. The zero-order valence-corrected chi connectivity index (χ0v) is 25.6. The van der Waals surface area contributed by atoms with Crippen LogP contribution in [0.25, 0.3) is 0 Å². The maximum absolute atomic E-state index is 14.0. The molecule has 7 nitrogen and oxygen atoms in total. The normalized spacial score (nSPS) is 12.0. The molecule has 2 amide bonds. The van der Waals surface area contributed by atoms with E-state index in [4.69, 9.17) is 23.2 Å². The van der Waals surface area contributed by atoms with Crippen molar-refractivity contribution in [2.75, 3.05) is 17.4 Å². The van der Waals surface area contributed by atoms with E-state index in [1.807, 2.05) is 13.8 Å². The highest BCUT2D eigenvalue weighted by atomic mass is 35.5. The summed E-state index contributed by atoms with van der Waals surface area (Å²) in [5, 5.41) is 3.59. The highest BCUT2D eigenvalue weighted by molar-refractivity contribution is 7.92. The average molecular weight is 623 g/mol. The molecule has 1 unspecified atom stereocenters. The molecule has 0 aliphatic carbocycles. The third-order valence-electron chi connectivity index (χ3n) is 6.57. The minimum absolute atomic E-state index is 0.0307. The summed E-state index contributed by atoms with van der Waals surface area (Å²) in [7, 11) is -4.25. The number of halogens is 3. The molecule has 0 saturated carbocycles. The summed E-state index contributed by atoms with van der Waals surface area (Å²) in [4.78, 5) is 28.6. The Bertz CT molecular complexity index is 1450. The Morgan fingerprint density at radius 1 is 0.976 bits per heavy atom. The summed E-state index contributed by atoms with van der Waals surface area (Å²) in [5.41, 5.74) is 1.50. The first-order chi connectivity index (χ1) is 19.5. The van der Waals surface area contributed by atoms with Gasteiger partial charge in [0.2, 0.25) is 11.8 Å². The van der Waals surface area contributed by atoms with Crippen LogP contribution in [0.1, 0.15) is 44.2 Å². The first-order valence-corrected chi connectivity index (χ1v) is 15.5. The summed E-state index contributed by atoms with van der Waals surface area (Å²) in [5.74, 6) is -1.54. The van der Waals surface area contributed by atoms with E-state index >= 15 is 0 Å². The number of carbonyl (C=O) groups excluding carboxylic acids is 2. The number of aryl methyl sites for hydroxylation is 1. The number of amides is 2. The third kappa shape index (κ3) is 8.44. The monoisotopic (exact) mass is 621 g/mol. The van der Waals surface area contributed by atoms with Gasteiger partial charge in [-0.3, -0.25) is 13.9 Å². The van der Waals surface area contributed by atoms with Gasteiger partial charge in [-0.25, -0.2) is 12.8 Å². The van der Waals surface area contributed by atoms with Crippen molar-refractivity contribution in [2.24, 2.45) is 0 Å². The largest absolute Gasteiger partial charge is 0.354 e. The molecule has 3 rings (SSSR count). The number of sulfonamides is 1. The molecular formula is C30H34Cl2FN3O4S. The first kappa shape index (κ1) is 32.4. The van der Waals surface area contributed by atoms with E-state index < -0.39 is 34.3 Å². The van der Waals surface area contributed by atoms with Gasteiger partial charge >= 0.3 is 0 Å². The molecule has 0 aliphatic heterocycles. The molecule has 1 atom stereocenters. The van der Waals surface area contributed by atoms with E-state index in [1.54, 1.807) is 31.2 Å². The molecule has 1 N–H and O–H groups in total. The zero-order valence-electron chi connectivity index (χ0n) is 23.2. The van der Waals surface area contributed by atoms with Gasteiger partial charge in [-0.15, -0.1) is 0 Å². The standard InChI is InChI=1S/C30H34Cl2FN3O4S/c1-4-6-17-34-30(38)28(5-2)35(19-22-9-10-23(31)18-27(22)32)29(37)20-36(25-13-11-24(33)12-14-25)41(39,40)26-15-7-21(3)8-16-26/h7-16,18,28H,4-6,17,19-20H2,1-3H3,(H,34,38). The maximum Gasteiger partial charge on any atom is 0.264 e. The van der Waals surface area contributed by atoms with Crippen LogP contribution in [0.15, 0.2) is 71.6 Å². The third-order valence-corrected chi connectivity index (χ3v) is 8.95. The Labute approximate surface area is 251 Å². The van der Waals surface area contributed by atoms with Crippen molar-refractivity contribution in [2.45, 2.75) is 57.5 Å². The molecule has 0 aliphatic rings. The van der Waals surface area contributed by atoms with Crippen LogP contribution >= 0.6 is 23.2 Å². The van der Waals surface area contributed by atoms with Crippen LogP contribution in [-0.4, -0.2) is 44.3 Å². The number of rotatable bonds is 13. The molecule has 41 heavy (non-hydrogen) atoms. The molecule has 0 spiro atoms. The van der Waals surface area contributed by atoms with Gasteiger partial charge < -0.3 is 10.2 Å². The molecule has 0 bridgehead atoms. The van der Waals surface area contributed by atoms with E-state index in [-0.39, 0.29) is 29.5 Å². The molecule has 0 fully saturated rings. The molecule has 0 aromatic heterocycles. The SMILES string of the molecule is CCCCNC(=O)C(CC)N(Cc1ccc(Cl)cc1Cl)C(=O)CN(c1ccc(F)cc1)S(=O)(=O)c1ccc(C)cc1. The minimum atomic E-state index is -4.25. The van der Waals surface area contributed by atoms with Crippen molar-refractivity contribution >= 4 is 50.7 Å². The Morgan fingerprint density at radius 3 is 2.22 bits per heavy atom. The predicted molar refractivity (Wildman–Crippen MR) is 161 cm³/mol. The number of hydrogen-bond donors (Lipinski definition) is 1. The van der Waals surface area contributed by atoms with E-state index in [2.05, 4.69) is 5.32 Å². The van der Waals surface area contributed by atoms with E-state index in [9.17, 15) is 22.4 Å². The fourth-order valence-corrected chi connectivity index (χ4v) is 6.12. The first-order valence-electron chi connectivity index (χ1n) is 13.3. The quantitative estimate of drug-likeness (QED) is 0.225. The number of nitrogens with zero attached hydrogens (tertiary/aromatic N) is 2. The van der Waals surface area contributed by atoms with Gasteiger partial charge in [0.15, 0.2) is 0 Å². The van der Waals surface area contributed by atoms with E-state index in [0.29, 0.717) is 22.2 Å². The lowest BCUT2D eigenvalue weighted by molar-refractivity contribution is -0.140. The van der Waals surface area contributed by atoms with E-state index in [0.717, 1.165) is 34.8 Å². The summed E-state index contributed by atoms with van der Waals surface area (Å²) < 4.78 is 42.4. The van der Waals surface area contributed by atoms with Crippen molar-refractivity contribution in [1.82, 2.24) is 10.2 Å². The fraction of sp³-hybridized carbons (Fsp3) is 0.333. The van der Waals surface area contributed by atoms with Gasteiger partial charge in [-0.1, -0.05) is 67.2 Å². The van der Waals surface area contributed by atoms with Crippen molar-refractivity contribution in [3.63, 3.8) is 0 Å². The fourth-order valence-electron chi connectivity index (χ4n) is 4.23. The number of hydrogen-bond acceptors (Lipinski definition) is 4. The Morgan fingerprint density at radius 2 is 1.63 bits per heavy atom. The second-order valence-electron chi connectivity index (χ2n) is 9.63. The molecule has 0 heterocycles. The number of carbonyl (C=O) groups is 2. The lowest BCUT2D eigenvalue weighted by atomic mass is 10.1. The second-order valence-corrected chi connectivity index (χ2v) is 12.3. The van der Waals surface area contributed by atoms with Gasteiger partial charge in [0.1, 0.15) is 18.4 Å². The van der Waals surface area contributed by atoms with Crippen LogP contribution < -0.4 is 9.62 Å². The van der Waals surface area contributed by atoms with Crippen LogP contribution in [0.2, 0.25) is 10.0 Å². The Balaban J connectivity index is 2.05. The second kappa shape index (κ2) is 14.7. The topological polar surface area (TPSA) is 86.8 Å². The van der Waals surface area contributed by atoms with Crippen LogP contribution in [0, 0.1) is 12.7 Å². The average Bonchev–Trinajstić information content (AvgIpc) is 2.93. The summed E-state index contributed by atoms with van der Waals surface area (Å²) in [6.07, 6.45) is 1.92. The Hall–Kier alpha value is -3.14. The van der Waals surface area contributed by atoms with Crippen molar-refractivity contribution in [3.05, 3.63) is 93.7 Å². The molecule has 220 valence electrons. The molecule has 0 radical (unpaired) electrons. The highest BCUT2D eigenvalue weighted by Gasteiger charge is 2.34. The molecular weight excluding hydrogens is 588 g/mol. The number of benzene rings is 3. The van der Waals surface area contributed by atoms with Crippen molar-refractivity contribution < 1.29 is 22.4 Å². The smallest absolute Gasteiger partial charge is 0.264 e. The van der Waals surface area contributed by atoms with Gasteiger partial charge in [0.05, 0.1) is 10.6 Å². The van der Waals surface area contributed by atoms with Crippen LogP contribution in [0.5, 0.6) is 0 Å². The molecule has 11 heteroatoms. The zero-order chi connectivity index (χ0) is 30.2. The summed E-state index contributed by atoms with van der Waals surface area (Å²) in [6.45, 7) is 5.35. The molecule has 3 aromatic rings. The van der Waals surface area contributed by atoms with Gasteiger partial charge in [0.25, 0.3) is 10.0 Å². The van der Waals surface area contributed by atoms with E-state index in [1.165, 1.54) is 35.2 Å². The van der Waals surface area contributed by atoms with Crippen LogP contribution in [-0.2, 0) is 26.2 Å².